The Kier molecular flexibility index (Phi) is 5.33. The summed E-state index contributed by atoms with van der Waals surface area (Å²) < 4.78 is 0. The van der Waals surface area contributed by atoms with Crippen LogP contribution < -0.4 is 10.6 Å². The SMILES string of the molecule is CSC(C)CCNCC1CCC(=O)N1. The van der Waals surface area contributed by atoms with Crippen LogP contribution in [0.3, 0.4) is 0 Å². The van der Waals surface area contributed by atoms with Gasteiger partial charge in [-0.25, -0.2) is 0 Å². The van der Waals surface area contributed by atoms with Gasteiger partial charge in [0.15, 0.2) is 0 Å². The molecular formula is C10H20N2OS. The number of nitrogens with one attached hydrogen (secondary N) is 2. The number of amides is 1. The molecule has 0 radical (unpaired) electrons. The van der Waals surface area contributed by atoms with E-state index in [2.05, 4.69) is 23.8 Å². The van der Waals surface area contributed by atoms with Crippen molar-refractivity contribution >= 4 is 17.7 Å². The molecule has 1 aliphatic heterocycles. The van der Waals surface area contributed by atoms with Crippen molar-refractivity contribution in [1.29, 1.82) is 0 Å². The van der Waals surface area contributed by atoms with E-state index in [1.807, 2.05) is 11.8 Å². The quantitative estimate of drug-likeness (QED) is 0.651. The summed E-state index contributed by atoms with van der Waals surface area (Å²) in [6, 6.07) is 0.368. The van der Waals surface area contributed by atoms with Gasteiger partial charge in [0.2, 0.25) is 5.91 Å². The average Bonchev–Trinajstić information content (AvgIpc) is 2.58. The molecule has 1 saturated heterocycles. The maximum atomic E-state index is 10.9. The number of rotatable bonds is 6. The third kappa shape index (κ3) is 4.33. The minimum Gasteiger partial charge on any atom is -0.352 e. The Balaban J connectivity index is 1.96. The third-order valence-corrected chi connectivity index (χ3v) is 3.65. The third-order valence-electron chi connectivity index (χ3n) is 2.61. The Bertz CT molecular complexity index is 187. The van der Waals surface area contributed by atoms with Crippen LogP contribution in [-0.2, 0) is 4.79 Å². The molecule has 1 heterocycles. The van der Waals surface area contributed by atoms with Crippen LogP contribution in [0, 0.1) is 0 Å². The largest absolute Gasteiger partial charge is 0.352 e. The lowest BCUT2D eigenvalue weighted by Gasteiger charge is -2.12. The normalized spacial score (nSPS) is 23.6. The second-order valence-corrected chi connectivity index (χ2v) is 5.12. The highest BCUT2D eigenvalue weighted by atomic mass is 32.2. The van der Waals surface area contributed by atoms with Gasteiger partial charge in [-0.3, -0.25) is 4.79 Å². The molecule has 0 aliphatic carbocycles. The molecule has 1 fully saturated rings. The molecule has 2 unspecified atom stereocenters. The zero-order valence-electron chi connectivity index (χ0n) is 9.01. The molecule has 0 aromatic carbocycles. The van der Waals surface area contributed by atoms with E-state index in [0.29, 0.717) is 12.5 Å². The summed E-state index contributed by atoms with van der Waals surface area (Å²) in [4.78, 5) is 10.9. The molecule has 0 bridgehead atoms. The van der Waals surface area contributed by atoms with Gasteiger partial charge in [-0.2, -0.15) is 11.8 Å². The first-order chi connectivity index (χ1) is 6.72. The second-order valence-electron chi connectivity index (χ2n) is 3.84. The Morgan fingerprint density at radius 1 is 1.71 bits per heavy atom. The van der Waals surface area contributed by atoms with Crippen molar-refractivity contribution in [3.05, 3.63) is 0 Å². The summed E-state index contributed by atoms with van der Waals surface area (Å²) >= 11 is 1.90. The van der Waals surface area contributed by atoms with Gasteiger partial charge in [-0.1, -0.05) is 6.92 Å². The summed E-state index contributed by atoms with van der Waals surface area (Å²) in [6.07, 6.45) is 5.03. The first-order valence-corrected chi connectivity index (χ1v) is 6.54. The molecular weight excluding hydrogens is 196 g/mol. The number of hydrogen-bond donors (Lipinski definition) is 2. The van der Waals surface area contributed by atoms with Crippen molar-refractivity contribution in [3.8, 4) is 0 Å². The van der Waals surface area contributed by atoms with Crippen molar-refractivity contribution in [3.63, 3.8) is 0 Å². The molecule has 1 aliphatic rings. The number of hydrogen-bond acceptors (Lipinski definition) is 3. The van der Waals surface area contributed by atoms with Crippen molar-refractivity contribution in [2.75, 3.05) is 19.3 Å². The Labute approximate surface area is 90.4 Å². The molecule has 0 aromatic heterocycles. The Morgan fingerprint density at radius 3 is 3.07 bits per heavy atom. The molecule has 3 nitrogen and oxygen atoms in total. The van der Waals surface area contributed by atoms with E-state index in [1.165, 1.54) is 6.42 Å². The Morgan fingerprint density at radius 2 is 2.50 bits per heavy atom. The zero-order valence-corrected chi connectivity index (χ0v) is 9.82. The van der Waals surface area contributed by atoms with Gasteiger partial charge < -0.3 is 10.6 Å². The smallest absolute Gasteiger partial charge is 0.220 e. The van der Waals surface area contributed by atoms with Crippen LogP contribution in [0.15, 0.2) is 0 Å². The fraction of sp³-hybridized carbons (Fsp3) is 0.900. The molecule has 0 spiro atoms. The summed E-state index contributed by atoms with van der Waals surface area (Å²) in [7, 11) is 0. The average molecular weight is 216 g/mol. The van der Waals surface area contributed by atoms with E-state index in [0.717, 1.165) is 24.8 Å². The lowest BCUT2D eigenvalue weighted by Crippen LogP contribution is -2.36. The monoisotopic (exact) mass is 216 g/mol. The first-order valence-electron chi connectivity index (χ1n) is 5.25. The van der Waals surface area contributed by atoms with Crippen molar-refractivity contribution in [1.82, 2.24) is 10.6 Å². The van der Waals surface area contributed by atoms with E-state index in [1.54, 1.807) is 0 Å². The van der Waals surface area contributed by atoms with Gasteiger partial charge in [-0.15, -0.1) is 0 Å². The number of carbonyl (C=O) groups is 1. The highest BCUT2D eigenvalue weighted by Crippen LogP contribution is 2.08. The van der Waals surface area contributed by atoms with Crippen molar-refractivity contribution in [2.45, 2.75) is 37.5 Å². The molecule has 4 heteroatoms. The topological polar surface area (TPSA) is 41.1 Å². The van der Waals surface area contributed by atoms with Crippen LogP contribution >= 0.6 is 11.8 Å². The highest BCUT2D eigenvalue weighted by molar-refractivity contribution is 7.99. The summed E-state index contributed by atoms with van der Waals surface area (Å²) in [6.45, 7) is 4.21. The van der Waals surface area contributed by atoms with Crippen LogP contribution in [0.4, 0.5) is 0 Å². The summed E-state index contributed by atoms with van der Waals surface area (Å²) in [5.74, 6) is 0.203. The van der Waals surface area contributed by atoms with Gasteiger partial charge >= 0.3 is 0 Å². The van der Waals surface area contributed by atoms with Crippen LogP contribution in [0.5, 0.6) is 0 Å². The first kappa shape index (κ1) is 11.9. The van der Waals surface area contributed by atoms with Gasteiger partial charge in [0.25, 0.3) is 0 Å². The molecule has 2 atom stereocenters. The molecule has 0 saturated carbocycles. The van der Waals surface area contributed by atoms with Crippen molar-refractivity contribution in [2.24, 2.45) is 0 Å². The fourth-order valence-corrected chi connectivity index (χ4v) is 1.88. The van der Waals surface area contributed by atoms with Crippen LogP contribution in [0.2, 0.25) is 0 Å². The fourth-order valence-electron chi connectivity index (χ4n) is 1.53. The second kappa shape index (κ2) is 6.30. The summed E-state index contributed by atoms with van der Waals surface area (Å²) in [5, 5.41) is 7.06. The van der Waals surface area contributed by atoms with E-state index in [4.69, 9.17) is 0 Å². The van der Waals surface area contributed by atoms with Gasteiger partial charge in [0.1, 0.15) is 0 Å². The predicted molar refractivity (Wildman–Crippen MR) is 61.6 cm³/mol. The standard InChI is InChI=1S/C10H20N2OS/c1-8(14-2)5-6-11-7-9-3-4-10(13)12-9/h8-9,11H,3-7H2,1-2H3,(H,12,13). The zero-order chi connectivity index (χ0) is 10.4. The lowest BCUT2D eigenvalue weighted by molar-refractivity contribution is -0.119. The van der Waals surface area contributed by atoms with E-state index < -0.39 is 0 Å². The van der Waals surface area contributed by atoms with E-state index in [-0.39, 0.29) is 5.91 Å². The molecule has 1 rings (SSSR count). The molecule has 0 aromatic rings. The Hall–Kier alpha value is -0.220. The maximum Gasteiger partial charge on any atom is 0.220 e. The maximum absolute atomic E-state index is 10.9. The molecule has 14 heavy (non-hydrogen) atoms. The van der Waals surface area contributed by atoms with Crippen molar-refractivity contribution < 1.29 is 4.79 Å². The number of thioether (sulfide) groups is 1. The molecule has 1 amide bonds. The molecule has 82 valence electrons. The van der Waals surface area contributed by atoms with Gasteiger partial charge in [-0.05, 0) is 25.6 Å². The lowest BCUT2D eigenvalue weighted by atomic mass is 10.2. The number of carbonyl (C=O) groups excluding carboxylic acids is 1. The highest BCUT2D eigenvalue weighted by Gasteiger charge is 2.19. The summed E-state index contributed by atoms with van der Waals surface area (Å²) in [5.41, 5.74) is 0. The van der Waals surface area contributed by atoms with E-state index >= 15 is 0 Å². The van der Waals surface area contributed by atoms with Crippen LogP contribution in [0.25, 0.3) is 0 Å². The van der Waals surface area contributed by atoms with Gasteiger partial charge in [0, 0.05) is 24.3 Å². The molecule has 2 N–H and O–H groups in total. The minimum atomic E-state index is 0.203. The van der Waals surface area contributed by atoms with Crippen LogP contribution in [-0.4, -0.2) is 36.5 Å². The van der Waals surface area contributed by atoms with Gasteiger partial charge in [0.05, 0.1) is 0 Å². The van der Waals surface area contributed by atoms with Crippen LogP contribution in [0.1, 0.15) is 26.2 Å². The predicted octanol–water partition coefficient (Wildman–Crippen LogP) is 0.996. The van der Waals surface area contributed by atoms with E-state index in [9.17, 15) is 4.79 Å². The minimum absolute atomic E-state index is 0.203.